The van der Waals surface area contributed by atoms with E-state index in [1.807, 2.05) is 19.1 Å². The van der Waals surface area contributed by atoms with Gasteiger partial charge in [-0.3, -0.25) is 9.59 Å². The molecular weight excluding hydrogens is 372 g/mol. The largest absolute Gasteiger partial charge is 0.497 e. The van der Waals surface area contributed by atoms with Crippen molar-refractivity contribution in [1.82, 2.24) is 0 Å². The number of carbonyl (C=O) groups excluding carboxylic acids is 3. The first-order valence-corrected chi connectivity index (χ1v) is 9.54. The maximum Gasteiger partial charge on any atom is 0.338 e. The van der Waals surface area contributed by atoms with Crippen LogP contribution in [-0.2, 0) is 14.3 Å². The minimum Gasteiger partial charge on any atom is -0.497 e. The van der Waals surface area contributed by atoms with Crippen molar-refractivity contribution in [2.45, 2.75) is 19.8 Å². The molecule has 1 N–H and O–H groups in total. The summed E-state index contributed by atoms with van der Waals surface area (Å²) in [6.07, 6.45) is 0.900. The van der Waals surface area contributed by atoms with E-state index in [1.165, 1.54) is 0 Å². The third-order valence-electron chi connectivity index (χ3n) is 4.69. The van der Waals surface area contributed by atoms with Gasteiger partial charge < -0.3 is 19.7 Å². The van der Waals surface area contributed by atoms with Crippen molar-refractivity contribution in [3.63, 3.8) is 0 Å². The van der Waals surface area contributed by atoms with Crippen LogP contribution in [0.5, 0.6) is 5.75 Å². The molecule has 2 aromatic rings. The molecule has 1 saturated heterocycles. The second-order valence-electron chi connectivity index (χ2n) is 6.81. The molecule has 1 aliphatic rings. The first-order chi connectivity index (χ1) is 14.0. The van der Waals surface area contributed by atoms with Crippen molar-refractivity contribution in [3.05, 3.63) is 54.1 Å². The molecule has 0 spiro atoms. The number of nitrogens with zero attached hydrogens (tertiary/aromatic N) is 1. The van der Waals surface area contributed by atoms with Crippen molar-refractivity contribution in [1.29, 1.82) is 0 Å². The Hall–Kier alpha value is -3.35. The van der Waals surface area contributed by atoms with Gasteiger partial charge in [-0.2, -0.15) is 0 Å². The number of amides is 2. The van der Waals surface area contributed by atoms with Crippen molar-refractivity contribution in [2.24, 2.45) is 5.92 Å². The molecule has 29 heavy (non-hydrogen) atoms. The molecule has 3 rings (SSSR count). The summed E-state index contributed by atoms with van der Waals surface area (Å²) in [5, 5.41) is 2.81. The Balaban J connectivity index is 1.61. The van der Waals surface area contributed by atoms with E-state index in [-0.39, 0.29) is 24.2 Å². The maximum absolute atomic E-state index is 12.6. The number of nitrogens with one attached hydrogen (secondary N) is 1. The Bertz CT molecular complexity index is 894. The normalized spacial score (nSPS) is 15.9. The minimum absolute atomic E-state index is 0.104. The van der Waals surface area contributed by atoms with Crippen LogP contribution >= 0.6 is 0 Å². The van der Waals surface area contributed by atoms with E-state index in [2.05, 4.69) is 5.32 Å². The zero-order valence-corrected chi connectivity index (χ0v) is 16.5. The van der Waals surface area contributed by atoms with Crippen LogP contribution in [0, 0.1) is 5.92 Å². The molecule has 152 valence electrons. The van der Waals surface area contributed by atoms with Crippen LogP contribution in [0.25, 0.3) is 0 Å². The summed E-state index contributed by atoms with van der Waals surface area (Å²) in [5.74, 6) is -0.527. The van der Waals surface area contributed by atoms with Gasteiger partial charge in [0.05, 0.1) is 25.2 Å². The van der Waals surface area contributed by atoms with E-state index in [0.717, 1.165) is 6.42 Å². The van der Waals surface area contributed by atoms with Crippen molar-refractivity contribution < 1.29 is 23.9 Å². The third-order valence-corrected chi connectivity index (χ3v) is 4.69. The Morgan fingerprint density at radius 1 is 1.17 bits per heavy atom. The number of ether oxygens (including phenoxy) is 2. The topological polar surface area (TPSA) is 84.9 Å². The molecule has 0 radical (unpaired) electrons. The lowest BCUT2D eigenvalue weighted by atomic mass is 10.1. The fraction of sp³-hybridized carbons (Fsp3) is 0.318. The number of rotatable bonds is 7. The average molecular weight is 396 g/mol. The van der Waals surface area contributed by atoms with Crippen LogP contribution in [0.4, 0.5) is 11.4 Å². The van der Waals surface area contributed by atoms with E-state index in [0.29, 0.717) is 35.8 Å². The van der Waals surface area contributed by atoms with Gasteiger partial charge in [-0.05, 0) is 42.8 Å². The van der Waals surface area contributed by atoms with Gasteiger partial charge in [0.1, 0.15) is 5.75 Å². The molecule has 1 aliphatic heterocycles. The first-order valence-electron chi connectivity index (χ1n) is 9.54. The van der Waals surface area contributed by atoms with E-state index >= 15 is 0 Å². The molecule has 0 aromatic heterocycles. The Morgan fingerprint density at radius 2 is 1.93 bits per heavy atom. The molecule has 7 nitrogen and oxygen atoms in total. The van der Waals surface area contributed by atoms with Gasteiger partial charge in [0.25, 0.3) is 0 Å². The lowest BCUT2D eigenvalue weighted by Gasteiger charge is -2.17. The number of methoxy groups -OCH3 is 1. The van der Waals surface area contributed by atoms with E-state index in [9.17, 15) is 14.4 Å². The average Bonchev–Trinajstić information content (AvgIpc) is 3.14. The Morgan fingerprint density at radius 3 is 2.62 bits per heavy atom. The molecule has 1 heterocycles. The van der Waals surface area contributed by atoms with Crippen LogP contribution in [0.1, 0.15) is 30.1 Å². The van der Waals surface area contributed by atoms with Crippen molar-refractivity contribution >= 4 is 29.2 Å². The molecule has 1 fully saturated rings. The van der Waals surface area contributed by atoms with Gasteiger partial charge in [-0.1, -0.05) is 13.0 Å². The Labute approximate surface area is 169 Å². The van der Waals surface area contributed by atoms with Gasteiger partial charge >= 0.3 is 5.97 Å². The number of esters is 1. The molecule has 1 unspecified atom stereocenters. The lowest BCUT2D eigenvalue weighted by molar-refractivity contribution is -0.122. The fourth-order valence-corrected chi connectivity index (χ4v) is 3.12. The number of carbonyl (C=O) groups is 3. The van der Waals surface area contributed by atoms with Crippen LogP contribution in [0.15, 0.2) is 48.5 Å². The third kappa shape index (κ3) is 4.93. The van der Waals surface area contributed by atoms with Gasteiger partial charge in [-0.15, -0.1) is 0 Å². The van der Waals surface area contributed by atoms with Crippen LogP contribution in [0.3, 0.4) is 0 Å². The molecule has 0 bridgehead atoms. The zero-order valence-electron chi connectivity index (χ0n) is 16.5. The predicted octanol–water partition coefficient (Wildman–Crippen LogP) is 3.25. The zero-order chi connectivity index (χ0) is 20.8. The highest BCUT2D eigenvalue weighted by atomic mass is 16.5. The van der Waals surface area contributed by atoms with Gasteiger partial charge in [0.2, 0.25) is 11.8 Å². The van der Waals surface area contributed by atoms with Crippen molar-refractivity contribution in [2.75, 3.05) is 30.5 Å². The smallest absolute Gasteiger partial charge is 0.338 e. The molecule has 0 saturated carbocycles. The fourth-order valence-electron chi connectivity index (χ4n) is 3.12. The number of anilines is 2. The second kappa shape index (κ2) is 9.23. The Kier molecular flexibility index (Phi) is 6.49. The van der Waals surface area contributed by atoms with Gasteiger partial charge in [-0.25, -0.2) is 4.79 Å². The molecule has 0 aliphatic carbocycles. The SMILES string of the molecule is CCCOC(=O)c1ccc(NC(=O)C2CC(=O)N(c3cccc(OC)c3)C2)cc1. The molecule has 7 heteroatoms. The summed E-state index contributed by atoms with van der Waals surface area (Å²) in [5.41, 5.74) is 1.70. The number of hydrogen-bond acceptors (Lipinski definition) is 5. The van der Waals surface area contributed by atoms with Crippen LogP contribution < -0.4 is 15.0 Å². The minimum atomic E-state index is -0.456. The molecule has 1 atom stereocenters. The maximum atomic E-state index is 12.6. The summed E-state index contributed by atoms with van der Waals surface area (Å²) < 4.78 is 10.3. The highest BCUT2D eigenvalue weighted by molar-refractivity contribution is 6.03. The standard InChI is InChI=1S/C22H24N2O5/c1-3-11-29-22(27)15-7-9-17(10-8-15)23-21(26)16-12-20(25)24(14-16)18-5-4-6-19(13-18)28-2/h4-10,13,16H,3,11-12,14H2,1-2H3,(H,23,26). The summed E-state index contributed by atoms with van der Waals surface area (Å²) in [4.78, 5) is 38.4. The van der Waals surface area contributed by atoms with E-state index in [4.69, 9.17) is 9.47 Å². The molecule has 2 aromatic carbocycles. The predicted molar refractivity (Wildman–Crippen MR) is 109 cm³/mol. The van der Waals surface area contributed by atoms with Gasteiger partial charge in [0, 0.05) is 30.4 Å². The molecule has 2 amide bonds. The van der Waals surface area contributed by atoms with Crippen LogP contribution in [0.2, 0.25) is 0 Å². The highest BCUT2D eigenvalue weighted by Gasteiger charge is 2.35. The second-order valence-corrected chi connectivity index (χ2v) is 6.81. The van der Waals surface area contributed by atoms with Crippen molar-refractivity contribution in [3.8, 4) is 5.75 Å². The quantitative estimate of drug-likeness (QED) is 0.726. The monoisotopic (exact) mass is 396 g/mol. The lowest BCUT2D eigenvalue weighted by Crippen LogP contribution is -2.28. The summed E-state index contributed by atoms with van der Waals surface area (Å²) in [7, 11) is 1.57. The first kappa shape index (κ1) is 20.4. The summed E-state index contributed by atoms with van der Waals surface area (Å²) in [6, 6.07) is 13.7. The molecular formula is C22H24N2O5. The number of benzene rings is 2. The van der Waals surface area contributed by atoms with E-state index in [1.54, 1.807) is 48.4 Å². The van der Waals surface area contributed by atoms with Crippen LogP contribution in [-0.4, -0.2) is 38.0 Å². The summed E-state index contributed by atoms with van der Waals surface area (Å²) >= 11 is 0. The number of hydrogen-bond donors (Lipinski definition) is 1. The highest BCUT2D eigenvalue weighted by Crippen LogP contribution is 2.28. The van der Waals surface area contributed by atoms with E-state index < -0.39 is 5.92 Å². The van der Waals surface area contributed by atoms with Gasteiger partial charge in [0.15, 0.2) is 0 Å². The summed E-state index contributed by atoms with van der Waals surface area (Å²) in [6.45, 7) is 2.60.